The summed E-state index contributed by atoms with van der Waals surface area (Å²) in [7, 11) is -1.94. The number of ether oxygens (including phenoxy) is 1. The van der Waals surface area contributed by atoms with E-state index in [0.29, 0.717) is 12.3 Å². The predicted molar refractivity (Wildman–Crippen MR) is 96.1 cm³/mol. The van der Waals surface area contributed by atoms with Gasteiger partial charge in [-0.15, -0.1) is 11.3 Å². The zero-order chi connectivity index (χ0) is 17.2. The molecule has 130 valence electrons. The van der Waals surface area contributed by atoms with E-state index in [1.165, 1.54) is 10.4 Å². The fourth-order valence-corrected chi connectivity index (χ4v) is 4.86. The summed E-state index contributed by atoms with van der Waals surface area (Å²) in [6, 6.07) is 8.74. The van der Waals surface area contributed by atoms with Crippen molar-refractivity contribution in [3.8, 4) is 5.75 Å². The minimum atomic E-state index is -3.50. The zero-order valence-corrected chi connectivity index (χ0v) is 15.5. The molecule has 0 fully saturated rings. The summed E-state index contributed by atoms with van der Waals surface area (Å²) in [4.78, 5) is 4.04. The van der Waals surface area contributed by atoms with Gasteiger partial charge in [-0.05, 0) is 54.6 Å². The molecule has 1 aliphatic heterocycles. The summed E-state index contributed by atoms with van der Waals surface area (Å²) in [5.41, 5.74) is 1.37. The zero-order valence-electron chi connectivity index (χ0n) is 13.9. The summed E-state index contributed by atoms with van der Waals surface area (Å²) in [6.45, 7) is 4.32. The quantitative estimate of drug-likeness (QED) is 0.853. The first kappa shape index (κ1) is 17.4. The van der Waals surface area contributed by atoms with Gasteiger partial charge in [-0.2, -0.15) is 0 Å². The number of hydrogen-bond acceptors (Lipinski definition) is 5. The molecule has 0 unspecified atom stereocenters. The minimum absolute atomic E-state index is 0.145. The third kappa shape index (κ3) is 3.80. The lowest BCUT2D eigenvalue weighted by Crippen LogP contribution is -2.44. The first-order valence-electron chi connectivity index (χ1n) is 7.92. The van der Waals surface area contributed by atoms with Crippen LogP contribution in [0.4, 0.5) is 0 Å². The van der Waals surface area contributed by atoms with E-state index in [4.69, 9.17) is 4.74 Å². The van der Waals surface area contributed by atoms with Gasteiger partial charge in [-0.3, -0.25) is 4.90 Å². The Morgan fingerprint density at radius 2 is 2.04 bits per heavy atom. The highest BCUT2D eigenvalue weighted by atomic mass is 32.2. The SMILES string of the molecule is COc1ccc(S(=O)(=O)NC[C@H](C)N2CCc3sccc3C2)cc1. The number of methoxy groups -OCH3 is 1. The summed E-state index contributed by atoms with van der Waals surface area (Å²) in [6.07, 6.45) is 1.04. The molecule has 1 N–H and O–H groups in total. The van der Waals surface area contributed by atoms with E-state index in [-0.39, 0.29) is 10.9 Å². The van der Waals surface area contributed by atoms with Crippen LogP contribution in [-0.4, -0.2) is 39.6 Å². The Labute approximate surface area is 147 Å². The van der Waals surface area contributed by atoms with Gasteiger partial charge in [-0.1, -0.05) is 0 Å². The molecular weight excluding hydrogens is 344 g/mol. The van der Waals surface area contributed by atoms with Crippen LogP contribution in [0.3, 0.4) is 0 Å². The number of thiophene rings is 1. The van der Waals surface area contributed by atoms with Gasteiger partial charge in [0.25, 0.3) is 0 Å². The van der Waals surface area contributed by atoms with Crippen LogP contribution in [0.1, 0.15) is 17.4 Å². The number of fused-ring (bicyclic) bond motifs is 1. The second-order valence-corrected chi connectivity index (χ2v) is 8.73. The molecule has 0 aliphatic carbocycles. The van der Waals surface area contributed by atoms with Crippen molar-refractivity contribution >= 4 is 21.4 Å². The first-order valence-corrected chi connectivity index (χ1v) is 10.3. The number of hydrogen-bond donors (Lipinski definition) is 1. The fourth-order valence-electron chi connectivity index (χ4n) is 2.84. The van der Waals surface area contributed by atoms with Crippen LogP contribution in [0, 0.1) is 0 Å². The van der Waals surface area contributed by atoms with Crippen molar-refractivity contribution < 1.29 is 13.2 Å². The van der Waals surface area contributed by atoms with E-state index in [1.807, 2.05) is 11.3 Å². The van der Waals surface area contributed by atoms with E-state index in [9.17, 15) is 8.42 Å². The van der Waals surface area contributed by atoms with E-state index in [0.717, 1.165) is 19.5 Å². The molecule has 0 bridgehead atoms. The molecule has 1 aromatic carbocycles. The third-order valence-electron chi connectivity index (χ3n) is 4.40. The lowest BCUT2D eigenvalue weighted by molar-refractivity contribution is 0.193. The van der Waals surface area contributed by atoms with Crippen LogP contribution in [0.5, 0.6) is 5.75 Å². The van der Waals surface area contributed by atoms with Gasteiger partial charge in [0.15, 0.2) is 0 Å². The van der Waals surface area contributed by atoms with Crippen molar-refractivity contribution in [2.45, 2.75) is 30.8 Å². The van der Waals surface area contributed by atoms with Crippen LogP contribution >= 0.6 is 11.3 Å². The molecule has 0 radical (unpaired) electrons. The Morgan fingerprint density at radius 1 is 1.29 bits per heavy atom. The molecule has 7 heteroatoms. The van der Waals surface area contributed by atoms with Crippen LogP contribution < -0.4 is 9.46 Å². The van der Waals surface area contributed by atoms with Gasteiger partial charge in [0, 0.05) is 30.6 Å². The maximum atomic E-state index is 12.4. The Balaban J connectivity index is 1.60. The number of rotatable bonds is 6. The number of sulfonamides is 1. The van der Waals surface area contributed by atoms with E-state index in [1.54, 1.807) is 31.4 Å². The predicted octanol–water partition coefficient (Wildman–Crippen LogP) is 2.48. The van der Waals surface area contributed by atoms with Gasteiger partial charge in [0.05, 0.1) is 12.0 Å². The monoisotopic (exact) mass is 366 g/mol. The molecule has 0 saturated heterocycles. The third-order valence-corrected chi connectivity index (χ3v) is 6.86. The van der Waals surface area contributed by atoms with Crippen LogP contribution in [0.25, 0.3) is 0 Å². The summed E-state index contributed by atoms with van der Waals surface area (Å²) < 4.78 is 32.6. The normalized spacial score (nSPS) is 16.6. The highest BCUT2D eigenvalue weighted by Gasteiger charge is 2.23. The molecule has 1 aromatic heterocycles. The van der Waals surface area contributed by atoms with Crippen LogP contribution in [0.15, 0.2) is 40.6 Å². The smallest absolute Gasteiger partial charge is 0.240 e. The standard InChI is InChI=1S/C17H22N2O3S2/c1-13(19-9-7-17-14(12-19)8-10-23-17)11-18-24(20,21)16-5-3-15(22-2)4-6-16/h3-6,8,10,13,18H,7,9,11-12H2,1-2H3/t13-/m0/s1. The minimum Gasteiger partial charge on any atom is -0.497 e. The topological polar surface area (TPSA) is 58.6 Å². The molecule has 1 atom stereocenters. The Kier molecular flexibility index (Phi) is 5.24. The summed E-state index contributed by atoms with van der Waals surface area (Å²) in [5.74, 6) is 0.641. The number of nitrogens with zero attached hydrogens (tertiary/aromatic N) is 1. The van der Waals surface area contributed by atoms with Crippen molar-refractivity contribution in [3.63, 3.8) is 0 Å². The first-order chi connectivity index (χ1) is 11.5. The number of benzene rings is 1. The Morgan fingerprint density at radius 3 is 2.75 bits per heavy atom. The van der Waals surface area contributed by atoms with Crippen LogP contribution in [0.2, 0.25) is 0 Å². The van der Waals surface area contributed by atoms with Gasteiger partial charge in [0.1, 0.15) is 5.75 Å². The number of nitrogens with one attached hydrogen (secondary N) is 1. The molecule has 0 amide bonds. The molecule has 1 aliphatic rings. The van der Waals surface area contributed by atoms with Crippen molar-refractivity contribution in [1.29, 1.82) is 0 Å². The van der Waals surface area contributed by atoms with E-state index in [2.05, 4.69) is 28.0 Å². The molecule has 0 spiro atoms. The van der Waals surface area contributed by atoms with Gasteiger partial charge >= 0.3 is 0 Å². The lowest BCUT2D eigenvalue weighted by Gasteiger charge is -2.32. The highest BCUT2D eigenvalue weighted by molar-refractivity contribution is 7.89. The van der Waals surface area contributed by atoms with Crippen molar-refractivity contribution in [2.24, 2.45) is 0 Å². The molecule has 2 aromatic rings. The highest BCUT2D eigenvalue weighted by Crippen LogP contribution is 2.25. The summed E-state index contributed by atoms with van der Waals surface area (Å²) >= 11 is 1.81. The van der Waals surface area contributed by atoms with Crippen molar-refractivity contribution in [2.75, 3.05) is 20.2 Å². The molecular formula is C17H22N2O3S2. The maximum absolute atomic E-state index is 12.4. The second-order valence-electron chi connectivity index (χ2n) is 5.97. The van der Waals surface area contributed by atoms with Gasteiger partial charge < -0.3 is 4.74 Å². The van der Waals surface area contributed by atoms with E-state index < -0.39 is 10.0 Å². The Hall–Kier alpha value is -1.41. The van der Waals surface area contributed by atoms with E-state index >= 15 is 0 Å². The molecule has 24 heavy (non-hydrogen) atoms. The molecule has 0 saturated carbocycles. The van der Waals surface area contributed by atoms with Crippen molar-refractivity contribution in [1.82, 2.24) is 9.62 Å². The fraction of sp³-hybridized carbons (Fsp3) is 0.412. The van der Waals surface area contributed by atoms with Gasteiger partial charge in [-0.25, -0.2) is 13.1 Å². The Bertz CT molecular complexity index is 784. The average molecular weight is 367 g/mol. The summed E-state index contributed by atoms with van der Waals surface area (Å²) in [5, 5.41) is 2.13. The van der Waals surface area contributed by atoms with Crippen LogP contribution in [-0.2, 0) is 23.0 Å². The van der Waals surface area contributed by atoms with Crippen molar-refractivity contribution in [3.05, 3.63) is 46.2 Å². The average Bonchev–Trinajstić information content (AvgIpc) is 3.07. The maximum Gasteiger partial charge on any atom is 0.240 e. The molecule has 3 rings (SSSR count). The lowest BCUT2D eigenvalue weighted by atomic mass is 10.1. The van der Waals surface area contributed by atoms with Gasteiger partial charge in [0.2, 0.25) is 10.0 Å². The molecule has 2 heterocycles. The second kappa shape index (κ2) is 7.23. The largest absolute Gasteiger partial charge is 0.497 e. The molecule has 5 nitrogen and oxygen atoms in total.